The number of carbonyl (C=O) groups is 1. The number of rotatable bonds is 6. The Balaban J connectivity index is 2.57. The lowest BCUT2D eigenvalue weighted by Crippen LogP contribution is -2.36. The zero-order valence-electron chi connectivity index (χ0n) is 10.4. The van der Waals surface area contributed by atoms with Crippen LogP contribution >= 0.6 is 0 Å². The molecule has 0 saturated carbocycles. The van der Waals surface area contributed by atoms with Gasteiger partial charge in [0, 0.05) is 19.7 Å². The summed E-state index contributed by atoms with van der Waals surface area (Å²) >= 11 is 0. The third kappa shape index (κ3) is 4.36. The Morgan fingerprint density at radius 1 is 1.47 bits per heavy atom. The monoisotopic (exact) mass is 238 g/mol. The summed E-state index contributed by atoms with van der Waals surface area (Å²) in [5.41, 5.74) is 0.301. The molecule has 6 heteroatoms. The van der Waals surface area contributed by atoms with Crippen LogP contribution in [0.15, 0.2) is 12.1 Å². The molecule has 0 aromatic carbocycles. The molecule has 1 aromatic rings. The predicted octanol–water partition coefficient (Wildman–Crippen LogP) is 0.673. The fourth-order valence-electron chi connectivity index (χ4n) is 1.32. The number of carbonyl (C=O) groups excluding carboxylic acids is 1. The van der Waals surface area contributed by atoms with E-state index in [4.69, 9.17) is 4.74 Å². The molecule has 0 spiro atoms. The van der Waals surface area contributed by atoms with Crippen LogP contribution < -0.4 is 10.6 Å². The van der Waals surface area contributed by atoms with Gasteiger partial charge in [0.15, 0.2) is 5.69 Å². The molecule has 1 atom stereocenters. The van der Waals surface area contributed by atoms with Gasteiger partial charge in [0.05, 0.1) is 6.61 Å². The highest BCUT2D eigenvalue weighted by molar-refractivity contribution is 5.92. The number of methoxy groups -OCH3 is 1. The van der Waals surface area contributed by atoms with Crippen molar-refractivity contribution < 1.29 is 9.53 Å². The van der Waals surface area contributed by atoms with Gasteiger partial charge in [-0.05, 0) is 26.0 Å². The van der Waals surface area contributed by atoms with Crippen LogP contribution in [0.2, 0.25) is 0 Å². The van der Waals surface area contributed by atoms with Gasteiger partial charge in [-0.1, -0.05) is 0 Å². The Kier molecular flexibility index (Phi) is 5.35. The molecule has 0 aliphatic heterocycles. The van der Waals surface area contributed by atoms with Crippen molar-refractivity contribution >= 4 is 11.7 Å². The lowest BCUT2D eigenvalue weighted by atomic mass is 10.3. The Labute approximate surface area is 101 Å². The van der Waals surface area contributed by atoms with Crippen LogP contribution in [-0.2, 0) is 4.74 Å². The van der Waals surface area contributed by atoms with E-state index >= 15 is 0 Å². The van der Waals surface area contributed by atoms with Crippen LogP contribution in [0.1, 0.15) is 24.3 Å². The molecular weight excluding hydrogens is 220 g/mol. The maximum atomic E-state index is 11.7. The number of ether oxygens (including phenoxy) is 1. The summed E-state index contributed by atoms with van der Waals surface area (Å²) < 4.78 is 4.93. The van der Waals surface area contributed by atoms with Crippen molar-refractivity contribution in [1.82, 2.24) is 15.5 Å². The van der Waals surface area contributed by atoms with Gasteiger partial charge in [-0.15, -0.1) is 10.2 Å². The fraction of sp³-hybridized carbons (Fsp3) is 0.545. The normalized spacial score (nSPS) is 11.9. The molecule has 17 heavy (non-hydrogen) atoms. The highest BCUT2D eigenvalue weighted by atomic mass is 16.5. The fourth-order valence-corrected chi connectivity index (χ4v) is 1.32. The molecule has 6 nitrogen and oxygen atoms in total. The first kappa shape index (κ1) is 13.4. The molecule has 0 aliphatic carbocycles. The summed E-state index contributed by atoms with van der Waals surface area (Å²) in [6.07, 6.45) is 0. The highest BCUT2D eigenvalue weighted by Crippen LogP contribution is 2.01. The number of nitrogens with zero attached hydrogens (tertiary/aromatic N) is 2. The van der Waals surface area contributed by atoms with Crippen LogP contribution in [0.5, 0.6) is 0 Å². The third-order valence-corrected chi connectivity index (χ3v) is 2.05. The second kappa shape index (κ2) is 6.80. The molecule has 1 aromatic heterocycles. The molecule has 0 bridgehead atoms. The van der Waals surface area contributed by atoms with E-state index in [1.807, 2.05) is 13.8 Å². The van der Waals surface area contributed by atoms with E-state index in [9.17, 15) is 4.79 Å². The molecule has 0 fully saturated rings. The summed E-state index contributed by atoms with van der Waals surface area (Å²) in [5.74, 6) is 0.416. The van der Waals surface area contributed by atoms with Crippen molar-refractivity contribution in [2.45, 2.75) is 19.9 Å². The number of aromatic nitrogens is 2. The van der Waals surface area contributed by atoms with E-state index in [1.54, 1.807) is 19.2 Å². The van der Waals surface area contributed by atoms with Gasteiger partial charge in [-0.2, -0.15) is 0 Å². The standard InChI is InChI=1S/C11H18N4O2/c1-4-12-10-6-5-9(14-15-10)11(16)13-8(2)7-17-3/h5-6,8H,4,7H2,1-3H3,(H,12,15)(H,13,16). The van der Waals surface area contributed by atoms with Crippen molar-refractivity contribution in [3.05, 3.63) is 17.8 Å². The maximum absolute atomic E-state index is 11.7. The predicted molar refractivity (Wildman–Crippen MR) is 65.0 cm³/mol. The first-order valence-corrected chi connectivity index (χ1v) is 5.54. The lowest BCUT2D eigenvalue weighted by molar-refractivity contribution is 0.0899. The van der Waals surface area contributed by atoms with E-state index in [0.29, 0.717) is 18.1 Å². The average Bonchev–Trinajstić information content (AvgIpc) is 2.30. The summed E-state index contributed by atoms with van der Waals surface area (Å²) in [6.45, 7) is 5.07. The van der Waals surface area contributed by atoms with Gasteiger partial charge < -0.3 is 15.4 Å². The maximum Gasteiger partial charge on any atom is 0.272 e. The Hall–Kier alpha value is -1.69. The number of hydrogen-bond donors (Lipinski definition) is 2. The molecule has 1 rings (SSSR count). The summed E-state index contributed by atoms with van der Waals surface area (Å²) in [6, 6.07) is 3.31. The Morgan fingerprint density at radius 3 is 2.76 bits per heavy atom. The lowest BCUT2D eigenvalue weighted by Gasteiger charge is -2.11. The zero-order chi connectivity index (χ0) is 12.7. The average molecular weight is 238 g/mol. The van der Waals surface area contributed by atoms with Crippen molar-refractivity contribution in [3.63, 3.8) is 0 Å². The minimum absolute atomic E-state index is 0.0530. The van der Waals surface area contributed by atoms with Crippen molar-refractivity contribution in [2.75, 3.05) is 25.6 Å². The van der Waals surface area contributed by atoms with Crippen LogP contribution in [0, 0.1) is 0 Å². The minimum atomic E-state index is -0.245. The van der Waals surface area contributed by atoms with Gasteiger partial charge >= 0.3 is 0 Å². The van der Waals surface area contributed by atoms with E-state index in [-0.39, 0.29) is 11.9 Å². The van der Waals surface area contributed by atoms with Crippen molar-refractivity contribution in [1.29, 1.82) is 0 Å². The van der Waals surface area contributed by atoms with Crippen LogP contribution in [0.25, 0.3) is 0 Å². The first-order valence-electron chi connectivity index (χ1n) is 5.54. The SMILES string of the molecule is CCNc1ccc(C(=O)NC(C)COC)nn1. The van der Waals surface area contributed by atoms with Gasteiger partial charge in [0.25, 0.3) is 5.91 Å². The quantitative estimate of drug-likeness (QED) is 0.762. The largest absolute Gasteiger partial charge is 0.383 e. The van der Waals surface area contributed by atoms with Crippen LogP contribution in [0.4, 0.5) is 5.82 Å². The molecular formula is C11H18N4O2. The molecule has 0 saturated heterocycles. The highest BCUT2D eigenvalue weighted by Gasteiger charge is 2.11. The minimum Gasteiger partial charge on any atom is -0.383 e. The topological polar surface area (TPSA) is 76.1 Å². The summed E-state index contributed by atoms with van der Waals surface area (Å²) in [4.78, 5) is 11.7. The van der Waals surface area contributed by atoms with Crippen LogP contribution in [-0.4, -0.2) is 42.4 Å². The Bertz CT molecular complexity index is 353. The number of amides is 1. The zero-order valence-corrected chi connectivity index (χ0v) is 10.4. The van der Waals surface area contributed by atoms with Gasteiger partial charge in [0.1, 0.15) is 5.82 Å². The Morgan fingerprint density at radius 2 is 2.24 bits per heavy atom. The number of hydrogen-bond acceptors (Lipinski definition) is 5. The third-order valence-electron chi connectivity index (χ3n) is 2.05. The molecule has 0 aliphatic rings. The molecule has 0 radical (unpaired) electrons. The van der Waals surface area contributed by atoms with E-state index in [1.165, 1.54) is 0 Å². The van der Waals surface area contributed by atoms with Gasteiger partial charge in [-0.25, -0.2) is 0 Å². The smallest absolute Gasteiger partial charge is 0.272 e. The van der Waals surface area contributed by atoms with E-state index < -0.39 is 0 Å². The molecule has 2 N–H and O–H groups in total. The second-order valence-electron chi connectivity index (χ2n) is 3.66. The van der Waals surface area contributed by atoms with E-state index in [0.717, 1.165) is 6.54 Å². The first-order chi connectivity index (χ1) is 8.17. The van der Waals surface area contributed by atoms with Crippen LogP contribution in [0.3, 0.4) is 0 Å². The molecule has 1 heterocycles. The summed E-state index contributed by atoms with van der Waals surface area (Å²) in [7, 11) is 1.59. The van der Waals surface area contributed by atoms with Crippen molar-refractivity contribution in [3.8, 4) is 0 Å². The number of anilines is 1. The molecule has 94 valence electrons. The van der Waals surface area contributed by atoms with Crippen molar-refractivity contribution in [2.24, 2.45) is 0 Å². The summed E-state index contributed by atoms with van der Waals surface area (Å²) in [5, 5.41) is 13.5. The van der Waals surface area contributed by atoms with Gasteiger partial charge in [-0.3, -0.25) is 4.79 Å². The van der Waals surface area contributed by atoms with Gasteiger partial charge in [0.2, 0.25) is 0 Å². The van der Waals surface area contributed by atoms with E-state index in [2.05, 4.69) is 20.8 Å². The molecule has 1 unspecified atom stereocenters. The molecule has 1 amide bonds. The number of nitrogens with one attached hydrogen (secondary N) is 2. The second-order valence-corrected chi connectivity index (χ2v) is 3.66.